The molecule has 0 bridgehead atoms. The molecule has 0 aliphatic rings. The number of aryl methyl sites for hydroxylation is 2. The summed E-state index contributed by atoms with van der Waals surface area (Å²) in [6.45, 7) is 5.59. The van der Waals surface area contributed by atoms with Gasteiger partial charge >= 0.3 is 0 Å². The van der Waals surface area contributed by atoms with Crippen LogP contribution in [0.25, 0.3) is 0 Å². The van der Waals surface area contributed by atoms with E-state index in [9.17, 15) is 0 Å². The predicted molar refractivity (Wildman–Crippen MR) is 40.5 cm³/mol. The van der Waals surface area contributed by atoms with Crippen LogP contribution in [0.1, 0.15) is 18.3 Å². The summed E-state index contributed by atoms with van der Waals surface area (Å²) in [4.78, 5) is 0. The summed E-state index contributed by atoms with van der Waals surface area (Å²) >= 11 is 0. The third kappa shape index (κ3) is 1.07. The SMILES string of the molecule is CC(=N)n1nc(C)cc1C. The molecular weight excluding hydrogens is 126 g/mol. The molecule has 0 fully saturated rings. The fourth-order valence-electron chi connectivity index (χ4n) is 0.968. The average molecular weight is 137 g/mol. The molecule has 1 heterocycles. The van der Waals surface area contributed by atoms with Gasteiger partial charge in [-0.3, -0.25) is 5.41 Å². The van der Waals surface area contributed by atoms with E-state index < -0.39 is 0 Å². The highest BCUT2D eigenvalue weighted by molar-refractivity contribution is 5.78. The molecule has 0 aliphatic heterocycles. The van der Waals surface area contributed by atoms with Crippen LogP contribution in [-0.2, 0) is 0 Å². The van der Waals surface area contributed by atoms with Crippen molar-refractivity contribution >= 4 is 5.84 Å². The quantitative estimate of drug-likeness (QED) is 0.425. The van der Waals surface area contributed by atoms with Gasteiger partial charge in [-0.25, -0.2) is 4.68 Å². The van der Waals surface area contributed by atoms with Crippen LogP contribution in [0.4, 0.5) is 0 Å². The molecule has 0 aromatic carbocycles. The van der Waals surface area contributed by atoms with Gasteiger partial charge in [-0.1, -0.05) is 0 Å². The van der Waals surface area contributed by atoms with Gasteiger partial charge in [0.1, 0.15) is 5.84 Å². The summed E-state index contributed by atoms with van der Waals surface area (Å²) < 4.78 is 1.62. The van der Waals surface area contributed by atoms with Gasteiger partial charge in [-0.2, -0.15) is 5.10 Å². The van der Waals surface area contributed by atoms with Gasteiger partial charge < -0.3 is 0 Å². The number of hydrogen-bond acceptors (Lipinski definition) is 2. The Bertz CT molecular complexity index is 260. The lowest BCUT2D eigenvalue weighted by atomic mass is 10.4. The van der Waals surface area contributed by atoms with Crippen molar-refractivity contribution in [2.75, 3.05) is 0 Å². The average Bonchev–Trinajstić information content (AvgIpc) is 2.10. The van der Waals surface area contributed by atoms with Crippen LogP contribution < -0.4 is 0 Å². The zero-order valence-corrected chi connectivity index (χ0v) is 6.47. The second kappa shape index (κ2) is 2.25. The molecule has 0 unspecified atom stereocenters. The Labute approximate surface area is 60.2 Å². The van der Waals surface area contributed by atoms with Crippen LogP contribution in [0.2, 0.25) is 0 Å². The summed E-state index contributed by atoms with van der Waals surface area (Å²) in [7, 11) is 0. The number of hydrogen-bond donors (Lipinski definition) is 1. The predicted octanol–water partition coefficient (Wildman–Crippen LogP) is 1.35. The molecule has 10 heavy (non-hydrogen) atoms. The molecule has 0 saturated heterocycles. The van der Waals surface area contributed by atoms with Crippen LogP contribution in [0, 0.1) is 19.3 Å². The second-order valence-corrected chi connectivity index (χ2v) is 2.42. The third-order valence-electron chi connectivity index (χ3n) is 1.33. The molecule has 0 aliphatic carbocycles. The highest BCUT2D eigenvalue weighted by Gasteiger charge is 1.99. The highest BCUT2D eigenvalue weighted by atomic mass is 15.3. The maximum atomic E-state index is 7.29. The number of rotatable bonds is 0. The molecule has 54 valence electrons. The van der Waals surface area contributed by atoms with Crippen molar-refractivity contribution < 1.29 is 0 Å². The van der Waals surface area contributed by atoms with E-state index in [1.165, 1.54) is 0 Å². The first-order valence-corrected chi connectivity index (χ1v) is 3.20. The Balaban J connectivity index is 3.15. The van der Waals surface area contributed by atoms with Gasteiger partial charge in [-0.15, -0.1) is 0 Å². The second-order valence-electron chi connectivity index (χ2n) is 2.42. The number of nitrogens with zero attached hydrogens (tertiary/aromatic N) is 2. The summed E-state index contributed by atoms with van der Waals surface area (Å²) in [5.74, 6) is 0.464. The van der Waals surface area contributed by atoms with Crippen LogP contribution in [0.15, 0.2) is 6.07 Å². The van der Waals surface area contributed by atoms with Crippen molar-refractivity contribution in [2.24, 2.45) is 0 Å². The molecule has 1 aromatic heterocycles. The maximum Gasteiger partial charge on any atom is 0.119 e. The van der Waals surface area contributed by atoms with E-state index in [1.807, 2.05) is 19.9 Å². The zero-order chi connectivity index (χ0) is 7.72. The van der Waals surface area contributed by atoms with Crippen molar-refractivity contribution in [3.63, 3.8) is 0 Å². The Morgan fingerprint density at radius 3 is 2.40 bits per heavy atom. The van der Waals surface area contributed by atoms with Crippen LogP contribution in [0.5, 0.6) is 0 Å². The van der Waals surface area contributed by atoms with E-state index >= 15 is 0 Å². The monoisotopic (exact) mass is 137 g/mol. The van der Waals surface area contributed by atoms with Gasteiger partial charge in [-0.05, 0) is 26.8 Å². The topological polar surface area (TPSA) is 41.7 Å². The summed E-state index contributed by atoms with van der Waals surface area (Å²) in [6, 6.07) is 1.96. The molecular formula is C7H11N3. The van der Waals surface area contributed by atoms with Crippen LogP contribution in [-0.4, -0.2) is 15.6 Å². The molecule has 1 rings (SSSR count). The molecule has 0 spiro atoms. The fourth-order valence-corrected chi connectivity index (χ4v) is 0.968. The zero-order valence-electron chi connectivity index (χ0n) is 6.47. The lowest BCUT2D eigenvalue weighted by molar-refractivity contribution is 0.868. The van der Waals surface area contributed by atoms with E-state index in [0.717, 1.165) is 11.4 Å². The molecule has 0 amide bonds. The molecule has 1 aromatic rings. The first-order valence-electron chi connectivity index (χ1n) is 3.20. The smallest absolute Gasteiger partial charge is 0.119 e. The van der Waals surface area contributed by atoms with E-state index in [2.05, 4.69) is 5.10 Å². The van der Waals surface area contributed by atoms with Gasteiger partial charge in [0.25, 0.3) is 0 Å². The standard InChI is InChI=1S/C7H11N3/c1-5-4-6(2)10(9-5)7(3)8/h4,8H,1-3H3. The van der Waals surface area contributed by atoms with Crippen LogP contribution >= 0.6 is 0 Å². The van der Waals surface area contributed by atoms with E-state index in [4.69, 9.17) is 5.41 Å². The highest BCUT2D eigenvalue weighted by Crippen LogP contribution is 2.00. The van der Waals surface area contributed by atoms with Crippen molar-refractivity contribution in [1.29, 1.82) is 5.41 Å². The first-order chi connectivity index (χ1) is 4.61. The lowest BCUT2D eigenvalue weighted by Crippen LogP contribution is -2.09. The molecule has 0 saturated carbocycles. The van der Waals surface area contributed by atoms with Gasteiger partial charge in [0.05, 0.1) is 5.69 Å². The Kier molecular flexibility index (Phi) is 1.57. The van der Waals surface area contributed by atoms with Crippen molar-refractivity contribution in [3.05, 3.63) is 17.5 Å². The number of nitrogens with one attached hydrogen (secondary N) is 1. The minimum atomic E-state index is 0.464. The Morgan fingerprint density at radius 1 is 1.60 bits per heavy atom. The minimum absolute atomic E-state index is 0.464. The maximum absolute atomic E-state index is 7.29. The Morgan fingerprint density at radius 2 is 2.20 bits per heavy atom. The van der Waals surface area contributed by atoms with Crippen molar-refractivity contribution in [1.82, 2.24) is 9.78 Å². The van der Waals surface area contributed by atoms with Gasteiger partial charge in [0.2, 0.25) is 0 Å². The Hall–Kier alpha value is -1.12. The molecule has 3 nitrogen and oxygen atoms in total. The van der Waals surface area contributed by atoms with Crippen molar-refractivity contribution in [3.8, 4) is 0 Å². The summed E-state index contributed by atoms with van der Waals surface area (Å²) in [5.41, 5.74) is 1.98. The molecule has 0 atom stereocenters. The molecule has 1 N–H and O–H groups in total. The third-order valence-corrected chi connectivity index (χ3v) is 1.33. The van der Waals surface area contributed by atoms with E-state index in [-0.39, 0.29) is 0 Å². The fraction of sp³-hybridized carbons (Fsp3) is 0.429. The van der Waals surface area contributed by atoms with Gasteiger partial charge in [0, 0.05) is 5.69 Å². The molecule has 3 heteroatoms. The lowest BCUT2D eigenvalue weighted by Gasteiger charge is -1.97. The minimum Gasteiger partial charge on any atom is -0.287 e. The summed E-state index contributed by atoms with van der Waals surface area (Å²) in [5, 5.41) is 11.4. The normalized spacial score (nSPS) is 9.90. The largest absolute Gasteiger partial charge is 0.287 e. The van der Waals surface area contributed by atoms with Crippen LogP contribution in [0.3, 0.4) is 0 Å². The molecule has 0 radical (unpaired) electrons. The van der Waals surface area contributed by atoms with Gasteiger partial charge in [0.15, 0.2) is 0 Å². The van der Waals surface area contributed by atoms with E-state index in [1.54, 1.807) is 11.6 Å². The summed E-state index contributed by atoms with van der Waals surface area (Å²) in [6.07, 6.45) is 0. The van der Waals surface area contributed by atoms with E-state index in [0.29, 0.717) is 5.84 Å². The first kappa shape index (κ1) is 6.99. The number of aromatic nitrogens is 2. The van der Waals surface area contributed by atoms with Crippen molar-refractivity contribution in [2.45, 2.75) is 20.8 Å².